The molecular formula is C18H28N5O17P3. The number of aromatic amines is 1. The standard InChI is InChI=1S/C18H28N5O17P3/c19-22-20-3-5-35-7-9-36-8-6-34-4-1-2-13-11-23(18(26)21-17(13)25)16-10-14(24)15(38-16)12-37-42(30,31)40-43(32,33)39-41(27,28)29/h11,14-16,24H,3-10,12H2,(H,30,31)(H,32,33)(H,21,25,26)(H2,27,28,29)/t14-,15+,16+/m0/s1. The van der Waals surface area contributed by atoms with Crippen molar-refractivity contribution in [1.29, 1.82) is 0 Å². The van der Waals surface area contributed by atoms with E-state index in [1.54, 1.807) is 0 Å². The van der Waals surface area contributed by atoms with Crippen molar-refractivity contribution in [2.24, 2.45) is 5.11 Å². The van der Waals surface area contributed by atoms with E-state index in [9.17, 15) is 38.2 Å². The van der Waals surface area contributed by atoms with E-state index in [-0.39, 0.29) is 45.0 Å². The molecule has 1 aromatic heterocycles. The third-order valence-electron chi connectivity index (χ3n) is 4.84. The fourth-order valence-electron chi connectivity index (χ4n) is 3.14. The molecule has 0 aliphatic carbocycles. The van der Waals surface area contributed by atoms with Crippen LogP contribution in [0.1, 0.15) is 18.2 Å². The Morgan fingerprint density at radius 2 is 1.70 bits per heavy atom. The third-order valence-corrected chi connectivity index (χ3v) is 8.64. The summed E-state index contributed by atoms with van der Waals surface area (Å²) in [6, 6.07) is 0. The van der Waals surface area contributed by atoms with Gasteiger partial charge < -0.3 is 43.6 Å². The van der Waals surface area contributed by atoms with Crippen molar-refractivity contribution in [2.75, 3.05) is 52.8 Å². The molecule has 0 amide bonds. The topological polar surface area (TPSA) is 321 Å². The molecule has 5 atom stereocenters. The van der Waals surface area contributed by atoms with E-state index in [0.29, 0.717) is 13.2 Å². The highest BCUT2D eigenvalue weighted by molar-refractivity contribution is 7.66. The number of nitrogens with one attached hydrogen (secondary N) is 1. The summed E-state index contributed by atoms with van der Waals surface area (Å²) >= 11 is 0. The van der Waals surface area contributed by atoms with Crippen molar-refractivity contribution in [3.63, 3.8) is 0 Å². The third kappa shape index (κ3) is 14.4. The molecule has 22 nitrogen and oxygen atoms in total. The van der Waals surface area contributed by atoms with Crippen LogP contribution in [0, 0.1) is 11.8 Å². The molecule has 1 saturated heterocycles. The predicted molar refractivity (Wildman–Crippen MR) is 139 cm³/mol. The number of azide groups is 1. The summed E-state index contributed by atoms with van der Waals surface area (Å²) in [4.78, 5) is 65.0. The number of ether oxygens (including phenoxy) is 4. The first-order chi connectivity index (χ1) is 20.1. The molecule has 0 aromatic carbocycles. The lowest BCUT2D eigenvalue weighted by molar-refractivity contribution is -0.0450. The van der Waals surface area contributed by atoms with Crippen LogP contribution >= 0.6 is 23.5 Å². The lowest BCUT2D eigenvalue weighted by Gasteiger charge is -2.19. The monoisotopic (exact) mass is 679 g/mol. The van der Waals surface area contributed by atoms with Crippen LogP contribution in [0.25, 0.3) is 10.4 Å². The molecule has 0 spiro atoms. The van der Waals surface area contributed by atoms with Crippen molar-refractivity contribution >= 4 is 23.5 Å². The molecule has 1 aliphatic rings. The first-order valence-electron chi connectivity index (χ1n) is 11.8. The van der Waals surface area contributed by atoms with Crippen LogP contribution in [-0.2, 0) is 45.8 Å². The van der Waals surface area contributed by atoms with E-state index in [1.165, 1.54) is 0 Å². The number of hydrogen-bond donors (Lipinski definition) is 6. The van der Waals surface area contributed by atoms with Crippen LogP contribution < -0.4 is 11.2 Å². The largest absolute Gasteiger partial charge is 0.490 e. The van der Waals surface area contributed by atoms with Crippen molar-refractivity contribution in [1.82, 2.24) is 9.55 Å². The minimum atomic E-state index is -5.74. The summed E-state index contributed by atoms with van der Waals surface area (Å²) in [5, 5.41) is 13.5. The normalized spacial score (nSPS) is 21.3. The zero-order valence-electron chi connectivity index (χ0n) is 21.9. The van der Waals surface area contributed by atoms with Gasteiger partial charge in [-0.15, -0.1) is 0 Å². The average Bonchev–Trinajstić information content (AvgIpc) is 3.24. The Morgan fingerprint density at radius 1 is 1.05 bits per heavy atom. The number of aromatic nitrogens is 2. The second-order valence-corrected chi connectivity index (χ2v) is 12.5. The summed E-state index contributed by atoms with van der Waals surface area (Å²) in [5.41, 5.74) is 6.22. The lowest BCUT2D eigenvalue weighted by Crippen LogP contribution is -2.33. The van der Waals surface area contributed by atoms with E-state index < -0.39 is 59.8 Å². The van der Waals surface area contributed by atoms with Crippen LogP contribution in [0.2, 0.25) is 0 Å². The van der Waals surface area contributed by atoms with E-state index in [4.69, 9.17) is 34.3 Å². The lowest BCUT2D eigenvalue weighted by atomic mass is 10.2. The quantitative estimate of drug-likeness (QED) is 0.0277. The fraction of sp³-hybridized carbons (Fsp3) is 0.667. The molecule has 0 bridgehead atoms. The number of H-pyrrole nitrogens is 1. The van der Waals surface area contributed by atoms with E-state index in [1.807, 2.05) is 4.98 Å². The highest BCUT2D eigenvalue weighted by atomic mass is 31.3. The predicted octanol–water partition coefficient (Wildman–Crippen LogP) is -0.760. The van der Waals surface area contributed by atoms with Gasteiger partial charge in [0.2, 0.25) is 0 Å². The van der Waals surface area contributed by atoms with Crippen LogP contribution in [0.5, 0.6) is 0 Å². The Hall–Kier alpha value is -2.24. The molecule has 43 heavy (non-hydrogen) atoms. The maximum absolute atomic E-state index is 12.3. The SMILES string of the molecule is [N-]=[N+]=NCCOCCOCCOCC#Cc1cn([C@H]2C[C@H](O)[C@@H](COP(=O)(O)OP(=O)(O)OP(=O)(O)O)O2)c(=O)[nH]c1=O. The molecule has 25 heteroatoms. The highest BCUT2D eigenvalue weighted by Gasteiger charge is 2.43. The zero-order chi connectivity index (χ0) is 32.1. The van der Waals surface area contributed by atoms with Crippen LogP contribution in [0.3, 0.4) is 0 Å². The first kappa shape index (κ1) is 36.9. The number of phosphoric acid groups is 3. The van der Waals surface area contributed by atoms with Gasteiger partial charge in [0.1, 0.15) is 24.5 Å². The number of aliphatic hydroxyl groups is 1. The number of phosphoric ester groups is 1. The van der Waals surface area contributed by atoms with Gasteiger partial charge in [0.05, 0.1) is 45.7 Å². The van der Waals surface area contributed by atoms with Crippen LogP contribution in [0.4, 0.5) is 0 Å². The molecule has 6 N–H and O–H groups in total. The Morgan fingerprint density at radius 3 is 2.35 bits per heavy atom. The van der Waals surface area contributed by atoms with Gasteiger partial charge in [-0.25, -0.2) is 18.5 Å². The Balaban J connectivity index is 1.86. The molecule has 2 rings (SSSR count). The average molecular weight is 679 g/mol. The van der Waals surface area contributed by atoms with Crippen molar-refractivity contribution in [2.45, 2.75) is 24.9 Å². The maximum Gasteiger partial charge on any atom is 0.490 e. The van der Waals surface area contributed by atoms with Crippen molar-refractivity contribution in [3.8, 4) is 11.8 Å². The summed E-state index contributed by atoms with van der Waals surface area (Å²) in [6.07, 6.45) is -3.24. The zero-order valence-corrected chi connectivity index (χ0v) is 24.6. The van der Waals surface area contributed by atoms with Gasteiger partial charge in [-0.3, -0.25) is 18.9 Å². The minimum absolute atomic E-state index is 0.0914. The van der Waals surface area contributed by atoms with Gasteiger partial charge in [-0.1, -0.05) is 17.0 Å². The molecule has 242 valence electrons. The summed E-state index contributed by atoms with van der Waals surface area (Å²) in [6.45, 7) is 0.458. The number of nitrogens with zero attached hydrogens (tertiary/aromatic N) is 4. The molecule has 0 saturated carbocycles. The smallest absolute Gasteiger partial charge is 0.390 e. The molecule has 0 radical (unpaired) electrons. The Bertz CT molecular complexity index is 1440. The van der Waals surface area contributed by atoms with Crippen LogP contribution in [0.15, 0.2) is 20.9 Å². The first-order valence-corrected chi connectivity index (χ1v) is 16.3. The van der Waals surface area contributed by atoms with E-state index in [2.05, 4.69) is 35.0 Å². The molecule has 1 aliphatic heterocycles. The Labute approximate surface area is 241 Å². The molecule has 2 heterocycles. The second-order valence-electron chi connectivity index (χ2n) is 8.06. The number of aliphatic hydroxyl groups excluding tert-OH is 1. The van der Waals surface area contributed by atoms with E-state index >= 15 is 0 Å². The molecular weight excluding hydrogens is 651 g/mol. The Kier molecular flexibility index (Phi) is 14.9. The number of rotatable bonds is 18. The number of hydrogen-bond acceptors (Lipinski definition) is 14. The van der Waals surface area contributed by atoms with Crippen LogP contribution in [-0.4, -0.2) is 99.2 Å². The van der Waals surface area contributed by atoms with Gasteiger partial charge in [0.25, 0.3) is 5.56 Å². The highest BCUT2D eigenvalue weighted by Crippen LogP contribution is 2.66. The van der Waals surface area contributed by atoms with Gasteiger partial charge in [0, 0.05) is 24.1 Å². The van der Waals surface area contributed by atoms with Crippen molar-refractivity contribution < 1.29 is 70.5 Å². The second kappa shape index (κ2) is 17.3. The fourth-order valence-corrected chi connectivity index (χ4v) is 6.17. The molecule has 1 aromatic rings. The maximum atomic E-state index is 12.3. The minimum Gasteiger partial charge on any atom is -0.390 e. The molecule has 1 fully saturated rings. The van der Waals surface area contributed by atoms with Gasteiger partial charge >= 0.3 is 29.2 Å². The van der Waals surface area contributed by atoms with Crippen molar-refractivity contribution in [3.05, 3.63) is 43.0 Å². The summed E-state index contributed by atoms with van der Waals surface area (Å²) < 4.78 is 67.7. The van der Waals surface area contributed by atoms with Gasteiger partial charge in [0.15, 0.2) is 0 Å². The van der Waals surface area contributed by atoms with Gasteiger partial charge in [-0.05, 0) is 5.53 Å². The molecule has 2 unspecified atom stereocenters. The van der Waals surface area contributed by atoms with E-state index in [0.717, 1.165) is 10.8 Å². The summed E-state index contributed by atoms with van der Waals surface area (Å²) in [7, 11) is -16.8. The summed E-state index contributed by atoms with van der Waals surface area (Å²) in [5.74, 6) is 5.11. The van der Waals surface area contributed by atoms with Gasteiger partial charge in [-0.2, -0.15) is 8.62 Å².